The molecule has 0 radical (unpaired) electrons. The summed E-state index contributed by atoms with van der Waals surface area (Å²) in [5, 5.41) is 2.58. The van der Waals surface area contributed by atoms with Gasteiger partial charge in [0.05, 0.1) is 18.5 Å². The molecule has 206 valence electrons. The number of ether oxygens (including phenoxy) is 3. The van der Waals surface area contributed by atoms with Gasteiger partial charge in [-0.3, -0.25) is 14.0 Å². The maximum Gasteiger partial charge on any atom is 0.325 e. The van der Waals surface area contributed by atoms with E-state index in [4.69, 9.17) is 14.2 Å². The molecule has 3 aromatic carbocycles. The summed E-state index contributed by atoms with van der Waals surface area (Å²) < 4.78 is 18.4. The minimum absolute atomic E-state index is 0.164. The standard InChI is InChI=1S/C33H29N3O5/c1-3-39-32(37)20-35-33(38)23-9-7-22(8-10-23)28-19-34-31-18-25(13-14-36(28)31)27-6-4-5-26(21(27)2)24-11-12-29-30(17-24)41-16-15-40-29/h4-14,17-19H,3,15-16,20H2,1-2H3,(H,35,38). The first-order chi connectivity index (χ1) is 20.0. The first-order valence-electron chi connectivity index (χ1n) is 13.5. The van der Waals surface area contributed by atoms with E-state index in [9.17, 15) is 9.59 Å². The second-order valence-corrected chi connectivity index (χ2v) is 9.69. The summed E-state index contributed by atoms with van der Waals surface area (Å²) in [5.41, 5.74) is 8.68. The van der Waals surface area contributed by atoms with Crippen molar-refractivity contribution < 1.29 is 23.8 Å². The lowest BCUT2D eigenvalue weighted by atomic mass is 9.93. The van der Waals surface area contributed by atoms with E-state index in [-0.39, 0.29) is 19.1 Å². The summed E-state index contributed by atoms with van der Waals surface area (Å²) in [6.45, 7) is 5.09. The number of fused-ring (bicyclic) bond motifs is 2. The molecule has 8 heteroatoms. The first kappa shape index (κ1) is 26.1. The lowest BCUT2D eigenvalue weighted by molar-refractivity contribution is -0.141. The van der Waals surface area contributed by atoms with Crippen molar-refractivity contribution >= 4 is 17.5 Å². The number of hydrogen-bond acceptors (Lipinski definition) is 6. The third-order valence-electron chi connectivity index (χ3n) is 7.15. The molecule has 5 aromatic rings. The highest BCUT2D eigenvalue weighted by Gasteiger charge is 2.16. The van der Waals surface area contributed by atoms with Crippen molar-refractivity contribution in [2.45, 2.75) is 13.8 Å². The van der Waals surface area contributed by atoms with Gasteiger partial charge in [0, 0.05) is 17.3 Å². The van der Waals surface area contributed by atoms with Crippen LogP contribution < -0.4 is 14.8 Å². The second kappa shape index (κ2) is 11.2. The number of carbonyl (C=O) groups is 2. The fourth-order valence-corrected chi connectivity index (χ4v) is 5.09. The zero-order valence-corrected chi connectivity index (χ0v) is 22.8. The van der Waals surface area contributed by atoms with Crippen molar-refractivity contribution in [2.75, 3.05) is 26.4 Å². The summed E-state index contributed by atoms with van der Waals surface area (Å²) in [6, 6.07) is 23.8. The van der Waals surface area contributed by atoms with Crippen LogP contribution in [0.1, 0.15) is 22.8 Å². The number of esters is 1. The van der Waals surface area contributed by atoms with Crippen LogP contribution in [0.2, 0.25) is 0 Å². The van der Waals surface area contributed by atoms with Gasteiger partial charge in [-0.25, -0.2) is 4.98 Å². The number of pyridine rings is 1. The molecule has 0 atom stereocenters. The summed E-state index contributed by atoms with van der Waals surface area (Å²) in [6.07, 6.45) is 3.84. The average Bonchev–Trinajstić information content (AvgIpc) is 3.43. The molecular weight excluding hydrogens is 518 g/mol. The molecule has 1 N–H and O–H groups in total. The average molecular weight is 548 g/mol. The molecule has 2 aromatic heterocycles. The van der Waals surface area contributed by atoms with Crippen LogP contribution in [0, 0.1) is 6.92 Å². The van der Waals surface area contributed by atoms with Gasteiger partial charge in [0.1, 0.15) is 25.4 Å². The molecule has 0 aliphatic carbocycles. The largest absolute Gasteiger partial charge is 0.486 e. The Hall–Kier alpha value is -5.11. The Morgan fingerprint density at radius 2 is 1.61 bits per heavy atom. The third kappa shape index (κ3) is 5.24. The van der Waals surface area contributed by atoms with Crippen LogP contribution in [0.4, 0.5) is 0 Å². The molecule has 41 heavy (non-hydrogen) atoms. The minimum atomic E-state index is -0.465. The number of nitrogens with zero attached hydrogens (tertiary/aromatic N) is 2. The van der Waals surface area contributed by atoms with Crippen LogP contribution in [0.3, 0.4) is 0 Å². The number of aromatic nitrogens is 2. The van der Waals surface area contributed by atoms with E-state index in [1.165, 1.54) is 0 Å². The van der Waals surface area contributed by atoms with Gasteiger partial charge in [-0.15, -0.1) is 0 Å². The Balaban J connectivity index is 1.24. The number of amides is 1. The molecule has 1 amide bonds. The number of carbonyl (C=O) groups excluding carboxylic acids is 2. The normalized spacial score (nSPS) is 12.2. The SMILES string of the molecule is CCOC(=O)CNC(=O)c1ccc(-c2cnc3cc(-c4cccc(-c5ccc6c(c5)OCCO6)c4C)ccn23)cc1. The minimum Gasteiger partial charge on any atom is -0.486 e. The van der Waals surface area contributed by atoms with E-state index in [0.717, 1.165) is 56.2 Å². The van der Waals surface area contributed by atoms with E-state index in [1.54, 1.807) is 19.1 Å². The van der Waals surface area contributed by atoms with E-state index in [0.29, 0.717) is 18.8 Å². The van der Waals surface area contributed by atoms with Gasteiger partial charge < -0.3 is 19.5 Å². The molecule has 0 spiro atoms. The predicted octanol–water partition coefficient (Wildman–Crippen LogP) is 5.71. The van der Waals surface area contributed by atoms with E-state index >= 15 is 0 Å². The van der Waals surface area contributed by atoms with E-state index in [2.05, 4.69) is 53.6 Å². The number of hydrogen-bond donors (Lipinski definition) is 1. The Labute approximate surface area is 237 Å². The van der Waals surface area contributed by atoms with Crippen LogP contribution in [0.25, 0.3) is 39.2 Å². The molecule has 0 unspecified atom stereocenters. The molecule has 0 fully saturated rings. The molecule has 1 aliphatic heterocycles. The van der Waals surface area contributed by atoms with Crippen molar-refractivity contribution in [1.29, 1.82) is 0 Å². The van der Waals surface area contributed by atoms with Gasteiger partial charge in [0.25, 0.3) is 5.91 Å². The van der Waals surface area contributed by atoms with Crippen molar-refractivity contribution in [1.82, 2.24) is 14.7 Å². The van der Waals surface area contributed by atoms with Gasteiger partial charge in [-0.1, -0.05) is 36.4 Å². The maximum atomic E-state index is 12.4. The molecule has 6 rings (SSSR count). The van der Waals surface area contributed by atoms with Crippen LogP contribution in [-0.2, 0) is 9.53 Å². The lowest BCUT2D eigenvalue weighted by Gasteiger charge is -2.19. The third-order valence-corrected chi connectivity index (χ3v) is 7.15. The van der Waals surface area contributed by atoms with E-state index < -0.39 is 5.97 Å². The van der Waals surface area contributed by atoms with E-state index in [1.807, 2.05) is 41.1 Å². The second-order valence-electron chi connectivity index (χ2n) is 9.69. The zero-order chi connectivity index (χ0) is 28.3. The topological polar surface area (TPSA) is 91.2 Å². The Kier molecular flexibility index (Phi) is 7.12. The smallest absolute Gasteiger partial charge is 0.325 e. The van der Waals surface area contributed by atoms with Crippen LogP contribution in [0.5, 0.6) is 11.5 Å². The van der Waals surface area contributed by atoms with Gasteiger partial charge in [-0.2, -0.15) is 0 Å². The summed E-state index contributed by atoms with van der Waals surface area (Å²) in [5.74, 6) is 0.755. The number of benzene rings is 3. The Morgan fingerprint density at radius 1 is 0.902 bits per heavy atom. The highest BCUT2D eigenvalue weighted by atomic mass is 16.6. The summed E-state index contributed by atoms with van der Waals surface area (Å²) >= 11 is 0. The molecule has 1 aliphatic rings. The molecule has 0 saturated carbocycles. The first-order valence-corrected chi connectivity index (χ1v) is 13.5. The fourth-order valence-electron chi connectivity index (χ4n) is 5.09. The zero-order valence-electron chi connectivity index (χ0n) is 22.8. The van der Waals surface area contributed by atoms with Crippen molar-refractivity contribution in [3.05, 3.63) is 96.3 Å². The lowest BCUT2D eigenvalue weighted by Crippen LogP contribution is -2.30. The number of nitrogens with one attached hydrogen (secondary N) is 1. The van der Waals surface area contributed by atoms with Crippen molar-refractivity contribution in [3.63, 3.8) is 0 Å². The van der Waals surface area contributed by atoms with Crippen LogP contribution in [0.15, 0.2) is 85.2 Å². The van der Waals surface area contributed by atoms with Crippen molar-refractivity contribution in [2.24, 2.45) is 0 Å². The number of rotatable bonds is 7. The monoisotopic (exact) mass is 547 g/mol. The fraction of sp³-hybridized carbons (Fsp3) is 0.182. The molecule has 0 bridgehead atoms. The van der Waals surface area contributed by atoms with Crippen molar-refractivity contribution in [3.8, 4) is 45.0 Å². The van der Waals surface area contributed by atoms with Crippen LogP contribution >= 0.6 is 0 Å². The summed E-state index contributed by atoms with van der Waals surface area (Å²) in [7, 11) is 0. The van der Waals surface area contributed by atoms with Gasteiger partial charge in [0.15, 0.2) is 11.5 Å². The number of imidazole rings is 1. The molecule has 0 saturated heterocycles. The van der Waals surface area contributed by atoms with Gasteiger partial charge >= 0.3 is 5.97 Å². The quantitative estimate of drug-likeness (QED) is 0.263. The van der Waals surface area contributed by atoms with Crippen LogP contribution in [-0.4, -0.2) is 47.6 Å². The summed E-state index contributed by atoms with van der Waals surface area (Å²) in [4.78, 5) is 28.6. The maximum absolute atomic E-state index is 12.4. The van der Waals surface area contributed by atoms with Gasteiger partial charge in [-0.05, 0) is 78.1 Å². The molecule has 8 nitrogen and oxygen atoms in total. The molecular formula is C33H29N3O5. The highest BCUT2D eigenvalue weighted by Crippen LogP contribution is 2.38. The Morgan fingerprint density at radius 3 is 2.37 bits per heavy atom. The van der Waals surface area contributed by atoms with Gasteiger partial charge in [0.2, 0.25) is 0 Å². The molecule has 3 heterocycles. The predicted molar refractivity (Wildman–Crippen MR) is 156 cm³/mol. The highest BCUT2D eigenvalue weighted by molar-refractivity contribution is 5.96. The Bertz CT molecular complexity index is 1760.